The monoisotopic (exact) mass is 447 g/mol. The number of rotatable bonds is 8. The van der Waals surface area contributed by atoms with E-state index in [1.807, 2.05) is 53.8 Å². The van der Waals surface area contributed by atoms with Gasteiger partial charge < -0.3 is 24.3 Å². The average Bonchev–Trinajstić information content (AvgIpc) is 3.08. The minimum Gasteiger partial charge on any atom is -0.465 e. The van der Waals surface area contributed by atoms with E-state index >= 15 is 0 Å². The number of thioether (sulfide) groups is 1. The maximum absolute atomic E-state index is 12.9. The Balaban J connectivity index is 1.65. The number of ether oxygens (including phenoxy) is 2. The van der Waals surface area contributed by atoms with Crippen LogP contribution in [0.3, 0.4) is 0 Å². The van der Waals surface area contributed by atoms with Crippen LogP contribution in [0, 0.1) is 0 Å². The summed E-state index contributed by atoms with van der Waals surface area (Å²) >= 11 is 1.38. The highest BCUT2D eigenvalue weighted by molar-refractivity contribution is 8.00. The first-order valence-corrected chi connectivity index (χ1v) is 11.4. The Morgan fingerprint density at radius 3 is 2.61 bits per heavy atom. The number of hydrogen-bond donors (Lipinski definition) is 1. The summed E-state index contributed by atoms with van der Waals surface area (Å²) in [6.45, 7) is 7.22. The molecule has 168 valence electrons. The van der Waals surface area contributed by atoms with Crippen molar-refractivity contribution in [2.45, 2.75) is 44.4 Å². The van der Waals surface area contributed by atoms with Crippen LogP contribution in [0.25, 0.3) is 10.9 Å². The molecular weight excluding hydrogens is 418 g/mol. The van der Waals surface area contributed by atoms with Crippen LogP contribution < -0.4 is 5.32 Å². The van der Waals surface area contributed by atoms with Crippen molar-refractivity contribution in [3.63, 3.8) is 0 Å². The van der Waals surface area contributed by atoms with Crippen LogP contribution in [-0.4, -0.2) is 71.5 Å². The molecule has 2 heterocycles. The number of fused-ring (bicyclic) bond motifs is 1. The van der Waals surface area contributed by atoms with Gasteiger partial charge in [0, 0.05) is 35.1 Å². The van der Waals surface area contributed by atoms with Gasteiger partial charge in [0.15, 0.2) is 0 Å². The highest BCUT2D eigenvalue weighted by atomic mass is 32.2. The lowest BCUT2D eigenvalue weighted by Crippen LogP contribution is -2.49. The van der Waals surface area contributed by atoms with Crippen molar-refractivity contribution in [1.82, 2.24) is 14.8 Å². The highest BCUT2D eigenvalue weighted by Crippen LogP contribution is 2.30. The molecule has 2 aromatic rings. The maximum atomic E-state index is 12.9. The Labute approximate surface area is 186 Å². The van der Waals surface area contributed by atoms with Crippen molar-refractivity contribution in [2.75, 3.05) is 32.0 Å². The van der Waals surface area contributed by atoms with Crippen LogP contribution in [0.4, 0.5) is 0 Å². The minimum absolute atomic E-state index is 0.0216. The standard InChI is InChI=1S/C22H29N3O5S/c1-4-29-22(28)9-23-20(26)14-31-19-12-24(18-8-6-5-7-17(18)19)13-21(27)25-10-15(2)30-16(3)11-25/h5-8,12,15-16H,4,9-11,13-14H2,1-3H3,(H,23,26)/t15-,16-/m1/s1. The van der Waals surface area contributed by atoms with Gasteiger partial charge >= 0.3 is 5.97 Å². The first kappa shape index (κ1) is 23.1. The number of nitrogens with one attached hydrogen (secondary N) is 1. The fourth-order valence-electron chi connectivity index (χ4n) is 3.66. The third-order valence-electron chi connectivity index (χ3n) is 4.92. The molecule has 8 nitrogen and oxygen atoms in total. The summed E-state index contributed by atoms with van der Waals surface area (Å²) in [5.41, 5.74) is 0.944. The number of esters is 1. The van der Waals surface area contributed by atoms with Gasteiger partial charge in [-0.2, -0.15) is 0 Å². The van der Waals surface area contributed by atoms with Gasteiger partial charge in [0.05, 0.1) is 24.6 Å². The van der Waals surface area contributed by atoms with E-state index < -0.39 is 5.97 Å². The van der Waals surface area contributed by atoms with Gasteiger partial charge in [-0.15, -0.1) is 11.8 Å². The second-order valence-electron chi connectivity index (χ2n) is 7.56. The Morgan fingerprint density at radius 2 is 1.90 bits per heavy atom. The molecule has 0 unspecified atom stereocenters. The van der Waals surface area contributed by atoms with Crippen molar-refractivity contribution in [3.8, 4) is 0 Å². The van der Waals surface area contributed by atoms with E-state index in [1.165, 1.54) is 11.8 Å². The summed E-state index contributed by atoms with van der Waals surface area (Å²) in [5.74, 6) is -0.490. The van der Waals surface area contributed by atoms with E-state index in [4.69, 9.17) is 9.47 Å². The largest absolute Gasteiger partial charge is 0.465 e. The SMILES string of the molecule is CCOC(=O)CNC(=O)CSc1cn(CC(=O)N2C[C@@H](C)O[C@H](C)C2)c2ccccc12. The van der Waals surface area contributed by atoms with E-state index in [-0.39, 0.29) is 49.5 Å². The summed E-state index contributed by atoms with van der Waals surface area (Å²) in [5, 5.41) is 3.55. The Morgan fingerprint density at radius 1 is 1.19 bits per heavy atom. The summed E-state index contributed by atoms with van der Waals surface area (Å²) in [6, 6.07) is 7.82. The predicted molar refractivity (Wildman–Crippen MR) is 119 cm³/mol. The first-order valence-electron chi connectivity index (χ1n) is 10.4. The Bertz CT molecular complexity index is 934. The molecule has 3 rings (SSSR count). The molecule has 0 bridgehead atoms. The zero-order chi connectivity index (χ0) is 22.4. The van der Waals surface area contributed by atoms with Gasteiger partial charge in [-0.1, -0.05) is 18.2 Å². The van der Waals surface area contributed by atoms with Gasteiger partial charge in [-0.05, 0) is 26.8 Å². The molecule has 2 amide bonds. The molecular formula is C22H29N3O5S. The molecule has 1 aromatic carbocycles. The quantitative estimate of drug-likeness (QED) is 0.492. The van der Waals surface area contributed by atoms with Crippen LogP contribution in [0.5, 0.6) is 0 Å². The van der Waals surface area contributed by atoms with E-state index in [0.29, 0.717) is 13.1 Å². The molecule has 0 aliphatic carbocycles. The van der Waals surface area contributed by atoms with Crippen molar-refractivity contribution in [3.05, 3.63) is 30.5 Å². The van der Waals surface area contributed by atoms with Gasteiger partial charge in [0.25, 0.3) is 0 Å². The van der Waals surface area contributed by atoms with Crippen LogP contribution in [0.2, 0.25) is 0 Å². The van der Waals surface area contributed by atoms with Crippen molar-refractivity contribution >= 4 is 40.4 Å². The van der Waals surface area contributed by atoms with Gasteiger partial charge in [-0.25, -0.2) is 0 Å². The van der Waals surface area contributed by atoms with Crippen LogP contribution in [0.1, 0.15) is 20.8 Å². The molecule has 0 spiro atoms. The zero-order valence-corrected chi connectivity index (χ0v) is 18.9. The van der Waals surface area contributed by atoms with Gasteiger partial charge in [-0.3, -0.25) is 14.4 Å². The molecule has 2 atom stereocenters. The topological polar surface area (TPSA) is 89.9 Å². The average molecular weight is 448 g/mol. The third kappa shape index (κ3) is 6.24. The number of nitrogens with zero attached hydrogens (tertiary/aromatic N) is 2. The molecule has 1 saturated heterocycles. The second kappa shape index (κ2) is 10.7. The molecule has 0 radical (unpaired) electrons. The lowest BCUT2D eigenvalue weighted by molar-refractivity contribution is -0.144. The van der Waals surface area contributed by atoms with Crippen LogP contribution in [-0.2, 0) is 30.4 Å². The number of morpholine rings is 1. The molecule has 1 fully saturated rings. The minimum atomic E-state index is -0.456. The van der Waals surface area contributed by atoms with Gasteiger partial charge in [0.2, 0.25) is 11.8 Å². The number of carbonyl (C=O) groups is 3. The predicted octanol–water partition coefficient (Wildman–Crippen LogP) is 2.05. The normalized spacial score (nSPS) is 18.7. The summed E-state index contributed by atoms with van der Waals surface area (Å²) in [7, 11) is 0. The summed E-state index contributed by atoms with van der Waals surface area (Å²) in [6.07, 6.45) is 1.96. The van der Waals surface area contributed by atoms with Crippen molar-refractivity contribution in [2.24, 2.45) is 0 Å². The van der Waals surface area contributed by atoms with Crippen LogP contribution in [0.15, 0.2) is 35.4 Å². The van der Waals surface area contributed by atoms with Gasteiger partial charge in [0.1, 0.15) is 13.1 Å². The Kier molecular flexibility index (Phi) is 7.97. The smallest absolute Gasteiger partial charge is 0.325 e. The number of carbonyl (C=O) groups excluding carboxylic acids is 3. The van der Waals surface area contributed by atoms with Crippen molar-refractivity contribution in [1.29, 1.82) is 0 Å². The fraction of sp³-hybridized carbons (Fsp3) is 0.500. The Hall–Kier alpha value is -2.52. The van der Waals surface area contributed by atoms with Crippen molar-refractivity contribution < 1.29 is 23.9 Å². The van der Waals surface area contributed by atoms with E-state index in [1.54, 1.807) is 6.92 Å². The molecule has 1 aliphatic rings. The fourth-order valence-corrected chi connectivity index (χ4v) is 4.58. The summed E-state index contributed by atoms with van der Waals surface area (Å²) in [4.78, 5) is 39.2. The molecule has 1 aromatic heterocycles. The van der Waals surface area contributed by atoms with E-state index in [2.05, 4.69) is 5.32 Å². The van der Waals surface area contributed by atoms with E-state index in [9.17, 15) is 14.4 Å². The molecule has 9 heteroatoms. The molecule has 31 heavy (non-hydrogen) atoms. The molecule has 1 N–H and O–H groups in total. The number of benzene rings is 1. The van der Waals surface area contributed by atoms with E-state index in [0.717, 1.165) is 15.8 Å². The number of para-hydroxylation sites is 1. The number of amides is 2. The number of aromatic nitrogens is 1. The van der Waals surface area contributed by atoms with Crippen LogP contribution >= 0.6 is 11.8 Å². The highest BCUT2D eigenvalue weighted by Gasteiger charge is 2.26. The summed E-state index contributed by atoms with van der Waals surface area (Å²) < 4.78 is 12.5. The third-order valence-corrected chi connectivity index (χ3v) is 5.97. The second-order valence-corrected chi connectivity index (χ2v) is 8.58. The maximum Gasteiger partial charge on any atom is 0.325 e. The molecule has 0 saturated carbocycles. The lowest BCUT2D eigenvalue weighted by atomic mass is 10.2. The molecule has 1 aliphatic heterocycles. The lowest BCUT2D eigenvalue weighted by Gasteiger charge is -2.35. The number of hydrogen-bond acceptors (Lipinski definition) is 6. The first-order chi connectivity index (χ1) is 14.9. The zero-order valence-electron chi connectivity index (χ0n) is 18.1.